The maximum absolute atomic E-state index is 13.6. The zero-order valence-corrected chi connectivity index (χ0v) is 10.0. The molecule has 0 amide bonds. The van der Waals surface area contributed by atoms with Crippen molar-refractivity contribution in [3.05, 3.63) is 35.4 Å². The molecule has 0 unspecified atom stereocenters. The Kier molecular flexibility index (Phi) is 3.36. The summed E-state index contributed by atoms with van der Waals surface area (Å²) in [5.41, 5.74) is 1.13. The molecule has 0 fully saturated rings. The van der Waals surface area contributed by atoms with Gasteiger partial charge in [-0.2, -0.15) is 5.10 Å². The number of benzene rings is 1. The maximum atomic E-state index is 13.6. The van der Waals surface area contributed by atoms with Gasteiger partial charge in [0.15, 0.2) is 5.82 Å². The molecule has 0 bridgehead atoms. The van der Waals surface area contributed by atoms with Crippen molar-refractivity contribution in [2.24, 2.45) is 0 Å². The van der Waals surface area contributed by atoms with E-state index in [0.29, 0.717) is 0 Å². The molecule has 0 saturated heterocycles. The highest BCUT2D eigenvalue weighted by Crippen LogP contribution is 2.20. The van der Waals surface area contributed by atoms with Crippen LogP contribution in [-0.4, -0.2) is 27.8 Å². The van der Waals surface area contributed by atoms with Gasteiger partial charge in [-0.1, -0.05) is 11.6 Å². The Labute approximate surface area is 103 Å². The third-order valence-corrected chi connectivity index (χ3v) is 2.32. The molecule has 0 atom stereocenters. The lowest BCUT2D eigenvalue weighted by Crippen LogP contribution is -2.06. The second-order valence-corrected chi connectivity index (χ2v) is 3.71. The SMILES string of the molecule is CCOC(=O)c1nc(-c2cc(C)ccc2F)n[nH]1. The largest absolute Gasteiger partial charge is 0.460 e. The van der Waals surface area contributed by atoms with Crippen LogP contribution in [-0.2, 0) is 4.74 Å². The highest BCUT2D eigenvalue weighted by molar-refractivity contribution is 5.85. The van der Waals surface area contributed by atoms with Crippen LogP contribution in [0.2, 0.25) is 0 Å². The normalized spacial score (nSPS) is 10.4. The molecule has 6 heteroatoms. The van der Waals surface area contributed by atoms with Gasteiger partial charge in [0.2, 0.25) is 5.82 Å². The Balaban J connectivity index is 2.35. The topological polar surface area (TPSA) is 67.9 Å². The number of hydrogen-bond acceptors (Lipinski definition) is 4. The zero-order valence-electron chi connectivity index (χ0n) is 10.0. The molecular formula is C12H12FN3O2. The summed E-state index contributed by atoms with van der Waals surface area (Å²) in [7, 11) is 0. The lowest BCUT2D eigenvalue weighted by molar-refractivity contribution is 0.0512. The van der Waals surface area contributed by atoms with Gasteiger partial charge in [-0.3, -0.25) is 5.10 Å². The quantitative estimate of drug-likeness (QED) is 0.846. The van der Waals surface area contributed by atoms with E-state index in [1.165, 1.54) is 6.07 Å². The summed E-state index contributed by atoms with van der Waals surface area (Å²) in [6.45, 7) is 3.77. The van der Waals surface area contributed by atoms with E-state index in [-0.39, 0.29) is 23.8 Å². The molecule has 0 saturated carbocycles. The van der Waals surface area contributed by atoms with Crippen molar-refractivity contribution in [1.29, 1.82) is 0 Å². The lowest BCUT2D eigenvalue weighted by Gasteiger charge is -1.99. The molecule has 1 aromatic heterocycles. The molecule has 0 radical (unpaired) electrons. The second kappa shape index (κ2) is 4.95. The first kappa shape index (κ1) is 12.2. The summed E-state index contributed by atoms with van der Waals surface area (Å²) in [5.74, 6) is -0.939. The van der Waals surface area contributed by atoms with Gasteiger partial charge < -0.3 is 4.74 Å². The molecule has 2 aromatic rings. The summed E-state index contributed by atoms with van der Waals surface area (Å²) in [4.78, 5) is 15.3. The summed E-state index contributed by atoms with van der Waals surface area (Å²) in [6.07, 6.45) is 0. The number of esters is 1. The lowest BCUT2D eigenvalue weighted by atomic mass is 10.1. The van der Waals surface area contributed by atoms with Gasteiger partial charge >= 0.3 is 5.97 Å². The number of rotatable bonds is 3. The number of halogens is 1. The predicted octanol–water partition coefficient (Wildman–Crippen LogP) is 2.10. The van der Waals surface area contributed by atoms with Crippen molar-refractivity contribution in [2.45, 2.75) is 13.8 Å². The zero-order chi connectivity index (χ0) is 13.1. The number of ether oxygens (including phenoxy) is 1. The number of nitrogens with zero attached hydrogens (tertiary/aromatic N) is 2. The molecule has 1 heterocycles. The van der Waals surface area contributed by atoms with Gasteiger partial charge in [0.05, 0.1) is 12.2 Å². The fraction of sp³-hybridized carbons (Fsp3) is 0.250. The molecule has 18 heavy (non-hydrogen) atoms. The van der Waals surface area contributed by atoms with Gasteiger partial charge in [-0.05, 0) is 26.0 Å². The number of aryl methyl sites for hydroxylation is 1. The van der Waals surface area contributed by atoms with E-state index in [4.69, 9.17) is 4.74 Å². The van der Waals surface area contributed by atoms with Crippen molar-refractivity contribution < 1.29 is 13.9 Å². The Morgan fingerprint density at radius 3 is 3.00 bits per heavy atom. The molecule has 5 nitrogen and oxygen atoms in total. The first-order chi connectivity index (χ1) is 8.61. The van der Waals surface area contributed by atoms with Crippen LogP contribution in [0.4, 0.5) is 4.39 Å². The highest BCUT2D eigenvalue weighted by atomic mass is 19.1. The summed E-state index contributed by atoms with van der Waals surface area (Å²) >= 11 is 0. The average Bonchev–Trinajstić information content (AvgIpc) is 2.82. The Morgan fingerprint density at radius 1 is 1.50 bits per heavy atom. The van der Waals surface area contributed by atoms with Crippen molar-refractivity contribution in [2.75, 3.05) is 6.61 Å². The molecule has 94 valence electrons. The number of carbonyl (C=O) groups excluding carboxylic acids is 1. The van der Waals surface area contributed by atoms with E-state index in [1.807, 2.05) is 6.92 Å². The summed E-state index contributed by atoms with van der Waals surface area (Å²) in [5, 5.41) is 6.25. The third-order valence-electron chi connectivity index (χ3n) is 2.32. The van der Waals surface area contributed by atoms with Gasteiger partial charge in [0.25, 0.3) is 0 Å². The minimum atomic E-state index is -0.607. The number of hydrogen-bond donors (Lipinski definition) is 1. The fourth-order valence-electron chi connectivity index (χ4n) is 1.48. The molecule has 1 N–H and O–H groups in total. The number of aromatic nitrogens is 3. The van der Waals surface area contributed by atoms with Crippen LogP contribution in [0.25, 0.3) is 11.4 Å². The Morgan fingerprint density at radius 2 is 2.28 bits per heavy atom. The Hall–Kier alpha value is -2.24. The van der Waals surface area contributed by atoms with Gasteiger partial charge in [0.1, 0.15) is 5.82 Å². The highest BCUT2D eigenvalue weighted by Gasteiger charge is 2.16. The van der Waals surface area contributed by atoms with Crippen molar-refractivity contribution in [3.8, 4) is 11.4 Å². The van der Waals surface area contributed by atoms with E-state index in [0.717, 1.165) is 5.56 Å². The van der Waals surface area contributed by atoms with E-state index >= 15 is 0 Å². The second-order valence-electron chi connectivity index (χ2n) is 3.71. The number of aromatic amines is 1. The Bertz CT molecular complexity index is 580. The van der Waals surface area contributed by atoms with Crippen molar-refractivity contribution in [1.82, 2.24) is 15.2 Å². The molecule has 0 spiro atoms. The summed E-state index contributed by atoms with van der Waals surface area (Å²) in [6, 6.07) is 4.61. The van der Waals surface area contributed by atoms with Gasteiger partial charge in [-0.25, -0.2) is 14.2 Å². The summed E-state index contributed by atoms with van der Waals surface area (Å²) < 4.78 is 18.4. The van der Waals surface area contributed by atoms with Crippen molar-refractivity contribution in [3.63, 3.8) is 0 Å². The van der Waals surface area contributed by atoms with E-state index in [2.05, 4.69) is 15.2 Å². The number of nitrogens with one attached hydrogen (secondary N) is 1. The average molecular weight is 249 g/mol. The molecule has 1 aromatic carbocycles. The minimum absolute atomic E-state index is 0.0345. The monoisotopic (exact) mass is 249 g/mol. The van der Waals surface area contributed by atoms with Gasteiger partial charge in [-0.15, -0.1) is 0 Å². The van der Waals surface area contributed by atoms with Crippen LogP contribution in [0.5, 0.6) is 0 Å². The first-order valence-electron chi connectivity index (χ1n) is 5.48. The molecule has 0 aliphatic carbocycles. The van der Waals surface area contributed by atoms with Crippen LogP contribution in [0.15, 0.2) is 18.2 Å². The predicted molar refractivity (Wildman–Crippen MR) is 62.5 cm³/mol. The first-order valence-corrected chi connectivity index (χ1v) is 5.48. The smallest absolute Gasteiger partial charge is 0.375 e. The standard InChI is InChI=1S/C12H12FN3O2/c1-3-18-12(17)11-14-10(15-16-11)8-6-7(2)4-5-9(8)13/h4-6H,3H2,1-2H3,(H,14,15,16). The van der Waals surface area contributed by atoms with Crippen molar-refractivity contribution >= 4 is 5.97 Å². The molecule has 2 rings (SSSR count). The van der Waals surface area contributed by atoms with E-state index in [9.17, 15) is 9.18 Å². The van der Waals surface area contributed by atoms with E-state index in [1.54, 1.807) is 19.1 Å². The number of H-pyrrole nitrogens is 1. The number of carbonyl (C=O) groups is 1. The van der Waals surface area contributed by atoms with E-state index < -0.39 is 11.8 Å². The maximum Gasteiger partial charge on any atom is 0.375 e. The van der Waals surface area contributed by atoms with Crippen LogP contribution >= 0.6 is 0 Å². The van der Waals surface area contributed by atoms with Crippen LogP contribution < -0.4 is 0 Å². The molecular weight excluding hydrogens is 237 g/mol. The fourth-order valence-corrected chi connectivity index (χ4v) is 1.48. The van der Waals surface area contributed by atoms with Crippen LogP contribution in [0, 0.1) is 12.7 Å². The van der Waals surface area contributed by atoms with Crippen LogP contribution in [0.3, 0.4) is 0 Å². The molecule has 0 aliphatic rings. The minimum Gasteiger partial charge on any atom is -0.460 e. The van der Waals surface area contributed by atoms with Gasteiger partial charge in [0, 0.05) is 0 Å². The third kappa shape index (κ3) is 2.37. The van der Waals surface area contributed by atoms with Crippen LogP contribution in [0.1, 0.15) is 23.1 Å². The molecule has 0 aliphatic heterocycles.